The van der Waals surface area contributed by atoms with Crippen LogP contribution in [0.4, 0.5) is 10.2 Å². The summed E-state index contributed by atoms with van der Waals surface area (Å²) in [6.45, 7) is 1.36. The molecule has 1 saturated heterocycles. The summed E-state index contributed by atoms with van der Waals surface area (Å²) in [4.78, 5) is 1.66. The van der Waals surface area contributed by atoms with Crippen LogP contribution in [-0.4, -0.2) is 49.1 Å². The third kappa shape index (κ3) is 3.96. The summed E-state index contributed by atoms with van der Waals surface area (Å²) >= 11 is 6.20. The fourth-order valence-electron chi connectivity index (χ4n) is 3.26. The van der Waals surface area contributed by atoms with Crippen LogP contribution in [0.2, 0.25) is 5.02 Å². The van der Waals surface area contributed by atoms with Gasteiger partial charge in [-0.1, -0.05) is 41.9 Å². The van der Waals surface area contributed by atoms with E-state index in [1.54, 1.807) is 6.07 Å². The molecule has 0 saturated carbocycles. The summed E-state index contributed by atoms with van der Waals surface area (Å²) in [5.74, 6) is -0.0836. The molecule has 0 N–H and O–H groups in total. The minimum atomic E-state index is -3.86. The third-order valence-electron chi connectivity index (χ3n) is 4.82. The number of piperazine rings is 1. The maximum atomic E-state index is 13.9. The van der Waals surface area contributed by atoms with E-state index in [0.717, 1.165) is 11.6 Å². The van der Waals surface area contributed by atoms with Crippen LogP contribution in [0.3, 0.4) is 0 Å². The summed E-state index contributed by atoms with van der Waals surface area (Å²) < 4.78 is 40.7. The zero-order valence-corrected chi connectivity index (χ0v) is 16.9. The molecule has 150 valence electrons. The molecule has 9 heteroatoms. The lowest BCUT2D eigenvalue weighted by molar-refractivity contribution is 0.381. The zero-order chi connectivity index (χ0) is 20.4. The summed E-state index contributed by atoms with van der Waals surface area (Å²) in [5.41, 5.74) is 1.47. The molecule has 0 bridgehead atoms. The number of benzene rings is 2. The Morgan fingerprint density at radius 2 is 1.55 bits per heavy atom. The Balaban J connectivity index is 1.46. The number of rotatable bonds is 4. The zero-order valence-electron chi connectivity index (χ0n) is 15.4. The Kier molecular flexibility index (Phi) is 5.49. The molecule has 6 nitrogen and oxygen atoms in total. The summed E-state index contributed by atoms with van der Waals surface area (Å²) in [7, 11) is -3.86. The highest BCUT2D eigenvalue weighted by Gasteiger charge is 2.30. The molecular weight excluding hydrogens is 415 g/mol. The number of anilines is 1. The first kappa shape index (κ1) is 19.8. The van der Waals surface area contributed by atoms with Crippen LogP contribution < -0.4 is 4.90 Å². The van der Waals surface area contributed by atoms with Crippen LogP contribution in [0.15, 0.2) is 65.6 Å². The van der Waals surface area contributed by atoms with Gasteiger partial charge < -0.3 is 4.90 Å². The summed E-state index contributed by atoms with van der Waals surface area (Å²) in [6.07, 6.45) is 0. The number of aromatic nitrogens is 2. The second-order valence-corrected chi connectivity index (χ2v) is 8.89. The molecule has 0 amide bonds. The van der Waals surface area contributed by atoms with Crippen LogP contribution in [0.25, 0.3) is 11.3 Å². The van der Waals surface area contributed by atoms with Crippen LogP contribution in [0, 0.1) is 5.82 Å². The Labute approximate surface area is 173 Å². The monoisotopic (exact) mass is 432 g/mol. The molecule has 1 fully saturated rings. The van der Waals surface area contributed by atoms with E-state index in [1.807, 2.05) is 35.2 Å². The minimum Gasteiger partial charge on any atom is -0.352 e. The average molecular weight is 433 g/mol. The minimum absolute atomic E-state index is 0.241. The normalized spacial score (nSPS) is 15.4. The number of hydrogen-bond acceptors (Lipinski definition) is 5. The molecule has 3 aromatic rings. The smallest absolute Gasteiger partial charge is 0.246 e. The third-order valence-corrected chi connectivity index (χ3v) is 7.08. The Bertz CT molecular complexity index is 1120. The van der Waals surface area contributed by atoms with E-state index in [2.05, 4.69) is 10.2 Å². The number of hydrogen-bond donors (Lipinski definition) is 0. The van der Waals surface area contributed by atoms with Gasteiger partial charge in [0.1, 0.15) is 10.7 Å². The molecule has 29 heavy (non-hydrogen) atoms. The van der Waals surface area contributed by atoms with Gasteiger partial charge in [-0.2, -0.15) is 4.31 Å². The van der Waals surface area contributed by atoms with E-state index in [4.69, 9.17) is 11.6 Å². The highest BCUT2D eigenvalue weighted by molar-refractivity contribution is 7.89. The van der Waals surface area contributed by atoms with Crippen molar-refractivity contribution in [1.82, 2.24) is 14.5 Å². The molecule has 4 rings (SSSR count). The van der Waals surface area contributed by atoms with Gasteiger partial charge >= 0.3 is 0 Å². The number of halogens is 2. The van der Waals surface area contributed by atoms with Crippen LogP contribution in [0.5, 0.6) is 0 Å². The number of nitrogens with zero attached hydrogens (tertiary/aromatic N) is 4. The van der Waals surface area contributed by atoms with Gasteiger partial charge in [0.15, 0.2) is 5.82 Å². The van der Waals surface area contributed by atoms with Gasteiger partial charge in [0.05, 0.1) is 10.7 Å². The lowest BCUT2D eigenvalue weighted by atomic mass is 10.1. The first-order valence-electron chi connectivity index (χ1n) is 9.05. The predicted octanol–water partition coefficient (Wildman–Crippen LogP) is 3.45. The molecule has 0 unspecified atom stereocenters. The van der Waals surface area contributed by atoms with Gasteiger partial charge in [0, 0.05) is 31.7 Å². The molecular formula is C20H18ClFN4O2S. The van der Waals surface area contributed by atoms with E-state index < -0.39 is 15.8 Å². The predicted molar refractivity (Wildman–Crippen MR) is 110 cm³/mol. The molecule has 0 atom stereocenters. The van der Waals surface area contributed by atoms with Gasteiger partial charge in [-0.05, 0) is 30.3 Å². The quantitative estimate of drug-likeness (QED) is 0.631. The van der Waals surface area contributed by atoms with E-state index in [1.165, 1.54) is 22.5 Å². The second-order valence-electron chi connectivity index (χ2n) is 6.58. The average Bonchev–Trinajstić information content (AvgIpc) is 2.74. The van der Waals surface area contributed by atoms with Crippen molar-refractivity contribution in [3.8, 4) is 11.3 Å². The summed E-state index contributed by atoms with van der Waals surface area (Å²) in [5, 5.41) is 9.12. The maximum Gasteiger partial charge on any atom is 0.246 e. The summed E-state index contributed by atoms with van der Waals surface area (Å²) in [6, 6.07) is 16.5. The van der Waals surface area contributed by atoms with E-state index in [-0.39, 0.29) is 18.0 Å². The van der Waals surface area contributed by atoms with Crippen molar-refractivity contribution in [2.24, 2.45) is 0 Å². The van der Waals surface area contributed by atoms with Crippen molar-refractivity contribution in [2.75, 3.05) is 31.1 Å². The van der Waals surface area contributed by atoms with Crippen LogP contribution >= 0.6 is 11.6 Å². The Hall–Kier alpha value is -2.55. The van der Waals surface area contributed by atoms with Gasteiger partial charge in [0.25, 0.3) is 0 Å². The largest absolute Gasteiger partial charge is 0.352 e. The van der Waals surface area contributed by atoms with Crippen molar-refractivity contribution >= 4 is 27.4 Å². The van der Waals surface area contributed by atoms with Crippen LogP contribution in [-0.2, 0) is 10.0 Å². The van der Waals surface area contributed by atoms with Crippen molar-refractivity contribution in [3.05, 3.63) is 71.5 Å². The topological polar surface area (TPSA) is 66.4 Å². The fraction of sp³-hybridized carbons (Fsp3) is 0.200. The molecule has 2 aromatic carbocycles. The molecule has 1 aliphatic rings. The van der Waals surface area contributed by atoms with Crippen LogP contribution in [0.1, 0.15) is 0 Å². The van der Waals surface area contributed by atoms with Gasteiger partial charge in [-0.3, -0.25) is 0 Å². The first-order chi connectivity index (χ1) is 14.0. The molecule has 1 aromatic heterocycles. The number of sulfonamides is 1. The SMILES string of the molecule is O=S(=O)(c1ccccc1F)N1CCN(c2ccc(-c3ccccc3Cl)nn2)CC1. The van der Waals surface area contributed by atoms with Gasteiger partial charge in [-0.25, -0.2) is 12.8 Å². The fourth-order valence-corrected chi connectivity index (χ4v) is 4.98. The maximum absolute atomic E-state index is 13.9. The van der Waals surface area contributed by atoms with Crippen molar-refractivity contribution in [3.63, 3.8) is 0 Å². The Morgan fingerprint density at radius 1 is 0.862 bits per heavy atom. The van der Waals surface area contributed by atoms with E-state index in [0.29, 0.717) is 29.6 Å². The van der Waals surface area contributed by atoms with Crippen molar-refractivity contribution in [2.45, 2.75) is 4.90 Å². The van der Waals surface area contributed by atoms with Crippen molar-refractivity contribution < 1.29 is 12.8 Å². The highest BCUT2D eigenvalue weighted by Crippen LogP contribution is 2.27. The Morgan fingerprint density at radius 3 is 2.21 bits per heavy atom. The molecule has 0 aliphatic carbocycles. The first-order valence-corrected chi connectivity index (χ1v) is 10.9. The van der Waals surface area contributed by atoms with E-state index >= 15 is 0 Å². The molecule has 0 spiro atoms. The highest BCUT2D eigenvalue weighted by atomic mass is 35.5. The van der Waals surface area contributed by atoms with Gasteiger partial charge in [-0.15, -0.1) is 10.2 Å². The lowest BCUT2D eigenvalue weighted by Crippen LogP contribution is -2.49. The van der Waals surface area contributed by atoms with Gasteiger partial charge in [0.2, 0.25) is 10.0 Å². The molecule has 0 radical (unpaired) electrons. The second kappa shape index (κ2) is 8.06. The standard InChI is InChI=1S/C20H18ClFN4O2S/c21-16-6-2-1-5-15(16)18-9-10-20(24-23-18)25-11-13-26(14-12-25)29(27,28)19-8-4-3-7-17(19)22/h1-10H,11-14H2. The molecule has 1 aliphatic heterocycles. The lowest BCUT2D eigenvalue weighted by Gasteiger charge is -2.34. The van der Waals surface area contributed by atoms with E-state index in [9.17, 15) is 12.8 Å². The van der Waals surface area contributed by atoms with Crippen molar-refractivity contribution in [1.29, 1.82) is 0 Å². The molecule has 2 heterocycles.